The lowest BCUT2D eigenvalue weighted by Crippen LogP contribution is -2.53. The van der Waals surface area contributed by atoms with Gasteiger partial charge in [0.2, 0.25) is 5.91 Å². The zero-order valence-electron chi connectivity index (χ0n) is 10.6. The Morgan fingerprint density at radius 3 is 2.38 bits per heavy atom. The second-order valence-electron chi connectivity index (χ2n) is 5.64. The first-order valence-corrected chi connectivity index (χ1v) is 5.81. The van der Waals surface area contributed by atoms with E-state index in [0.29, 0.717) is 6.54 Å². The lowest BCUT2D eigenvalue weighted by atomic mass is 9.86. The van der Waals surface area contributed by atoms with Gasteiger partial charge in [0.25, 0.3) is 0 Å². The highest BCUT2D eigenvalue weighted by molar-refractivity contribution is 5.90. The molecular weight excluding hydrogens is 204 g/mol. The smallest absolute Gasteiger partial charge is 0.240 e. The second kappa shape index (κ2) is 4.53. The fraction of sp³-hybridized carbons (Fsp3) is 0.833. The zero-order valence-corrected chi connectivity index (χ0v) is 10.6. The molecule has 92 valence electrons. The Kier molecular flexibility index (Phi) is 3.73. The van der Waals surface area contributed by atoms with Crippen molar-refractivity contribution in [2.24, 2.45) is 11.1 Å². The van der Waals surface area contributed by atoms with Crippen LogP contribution in [0.15, 0.2) is 0 Å². The molecule has 0 radical (unpaired) electrons. The van der Waals surface area contributed by atoms with E-state index in [1.165, 1.54) is 0 Å². The van der Waals surface area contributed by atoms with Crippen LogP contribution in [0.4, 0.5) is 0 Å². The number of nitrogens with two attached hydrogens (primary N) is 1. The zero-order chi connectivity index (χ0) is 12.5. The maximum Gasteiger partial charge on any atom is 0.240 e. The van der Waals surface area contributed by atoms with Crippen molar-refractivity contribution in [3.8, 4) is 0 Å². The molecule has 1 amide bonds. The summed E-state index contributed by atoms with van der Waals surface area (Å²) in [5.41, 5.74) is 5.67. The molecule has 0 aromatic rings. The molecule has 1 fully saturated rings. The van der Waals surface area contributed by atoms with Crippen LogP contribution in [-0.4, -0.2) is 35.2 Å². The third-order valence-electron chi connectivity index (χ3n) is 3.20. The second-order valence-corrected chi connectivity index (χ2v) is 5.64. The quantitative estimate of drug-likeness (QED) is 0.762. The highest BCUT2D eigenvalue weighted by atomic mass is 16.2. The topological polar surface area (TPSA) is 63.4 Å². The Labute approximate surface area is 97.2 Å². The number of carbonyl (C=O) groups is 2. The summed E-state index contributed by atoms with van der Waals surface area (Å²) in [6.07, 6.45) is 1.67. The van der Waals surface area contributed by atoms with Gasteiger partial charge in [0.15, 0.2) is 5.78 Å². The van der Waals surface area contributed by atoms with E-state index in [1.54, 1.807) is 11.8 Å². The molecule has 2 N–H and O–H groups in total. The molecule has 16 heavy (non-hydrogen) atoms. The van der Waals surface area contributed by atoms with E-state index in [-0.39, 0.29) is 23.1 Å². The van der Waals surface area contributed by atoms with Crippen molar-refractivity contribution in [3.63, 3.8) is 0 Å². The van der Waals surface area contributed by atoms with Crippen LogP contribution in [0, 0.1) is 5.41 Å². The summed E-state index contributed by atoms with van der Waals surface area (Å²) in [4.78, 5) is 25.2. The summed E-state index contributed by atoms with van der Waals surface area (Å²) in [5.74, 6) is -0.0304. The maximum atomic E-state index is 12.2. The van der Waals surface area contributed by atoms with Crippen molar-refractivity contribution in [3.05, 3.63) is 0 Å². The molecule has 1 aliphatic heterocycles. The molecule has 0 aliphatic carbocycles. The van der Waals surface area contributed by atoms with Gasteiger partial charge in [-0.15, -0.1) is 0 Å². The van der Waals surface area contributed by atoms with Gasteiger partial charge < -0.3 is 10.6 Å². The van der Waals surface area contributed by atoms with Crippen molar-refractivity contribution in [1.82, 2.24) is 4.90 Å². The van der Waals surface area contributed by atoms with E-state index in [0.717, 1.165) is 12.8 Å². The number of likely N-dealkylation sites (tertiary alicyclic amines) is 1. The molecule has 0 spiro atoms. The van der Waals surface area contributed by atoms with Crippen molar-refractivity contribution >= 4 is 11.7 Å². The summed E-state index contributed by atoms with van der Waals surface area (Å²) in [5, 5.41) is 0. The molecule has 0 bridgehead atoms. The Morgan fingerprint density at radius 2 is 1.94 bits per heavy atom. The minimum atomic E-state index is -0.535. The van der Waals surface area contributed by atoms with Gasteiger partial charge in [-0.25, -0.2) is 0 Å². The van der Waals surface area contributed by atoms with Crippen molar-refractivity contribution in [2.75, 3.05) is 6.54 Å². The number of hydrogen-bond acceptors (Lipinski definition) is 3. The van der Waals surface area contributed by atoms with Gasteiger partial charge in [0.1, 0.15) is 0 Å². The molecule has 0 aromatic heterocycles. The van der Waals surface area contributed by atoms with Gasteiger partial charge in [0.05, 0.1) is 12.1 Å². The van der Waals surface area contributed by atoms with Crippen LogP contribution >= 0.6 is 0 Å². The Balaban J connectivity index is 2.77. The van der Waals surface area contributed by atoms with Crippen LogP contribution in [0.3, 0.4) is 0 Å². The van der Waals surface area contributed by atoms with E-state index in [1.807, 2.05) is 20.8 Å². The van der Waals surface area contributed by atoms with Gasteiger partial charge in [-0.1, -0.05) is 20.8 Å². The number of hydrogen-bond donors (Lipinski definition) is 1. The minimum Gasteiger partial charge on any atom is -0.331 e. The lowest BCUT2D eigenvalue weighted by molar-refractivity contribution is -0.139. The monoisotopic (exact) mass is 226 g/mol. The molecule has 1 saturated heterocycles. The highest BCUT2D eigenvalue weighted by Crippen LogP contribution is 2.24. The number of Topliss-reactive ketones (excluding diaryl/α,β-unsaturated/α-hetero) is 1. The van der Waals surface area contributed by atoms with E-state index in [4.69, 9.17) is 5.73 Å². The van der Waals surface area contributed by atoms with Crippen molar-refractivity contribution in [1.29, 1.82) is 0 Å². The molecule has 1 aliphatic rings. The maximum absolute atomic E-state index is 12.2. The average Bonchev–Trinajstić information content (AvgIpc) is 2.62. The van der Waals surface area contributed by atoms with Crippen LogP contribution in [0.1, 0.15) is 40.5 Å². The van der Waals surface area contributed by atoms with Crippen LogP contribution < -0.4 is 5.73 Å². The van der Waals surface area contributed by atoms with Gasteiger partial charge in [-0.3, -0.25) is 9.59 Å². The van der Waals surface area contributed by atoms with Crippen LogP contribution in [0.5, 0.6) is 0 Å². The molecule has 1 rings (SSSR count). The Bertz CT molecular complexity index is 294. The Morgan fingerprint density at radius 1 is 1.38 bits per heavy atom. The summed E-state index contributed by atoms with van der Waals surface area (Å²) < 4.78 is 0. The molecule has 1 heterocycles. The highest BCUT2D eigenvalue weighted by Gasteiger charge is 2.37. The Hall–Kier alpha value is -0.900. The van der Waals surface area contributed by atoms with Crippen LogP contribution in [0.2, 0.25) is 0 Å². The summed E-state index contributed by atoms with van der Waals surface area (Å²) >= 11 is 0. The van der Waals surface area contributed by atoms with Gasteiger partial charge in [0, 0.05) is 6.54 Å². The molecule has 2 atom stereocenters. The number of carbonyl (C=O) groups excluding carboxylic acids is 2. The number of amides is 1. The molecule has 0 aromatic carbocycles. The van der Waals surface area contributed by atoms with E-state index < -0.39 is 6.04 Å². The van der Waals surface area contributed by atoms with Gasteiger partial charge >= 0.3 is 0 Å². The summed E-state index contributed by atoms with van der Waals surface area (Å²) in [6.45, 7) is 8.02. The van der Waals surface area contributed by atoms with Gasteiger partial charge in [-0.05, 0) is 25.2 Å². The SMILES string of the molecule is CC(=O)C1CCCN1C(=O)C(N)C(C)(C)C. The van der Waals surface area contributed by atoms with Crippen LogP contribution in [0.25, 0.3) is 0 Å². The summed E-state index contributed by atoms with van der Waals surface area (Å²) in [7, 11) is 0. The predicted molar refractivity (Wildman–Crippen MR) is 62.8 cm³/mol. The fourth-order valence-electron chi connectivity index (χ4n) is 2.00. The minimum absolute atomic E-state index is 0.0620. The molecule has 0 saturated carbocycles. The number of ketones is 1. The third kappa shape index (κ3) is 2.61. The van der Waals surface area contributed by atoms with E-state index >= 15 is 0 Å². The standard InChI is InChI=1S/C12H22N2O2/c1-8(15)9-6-5-7-14(9)11(16)10(13)12(2,3)4/h9-10H,5-7,13H2,1-4H3. The first-order valence-electron chi connectivity index (χ1n) is 5.81. The third-order valence-corrected chi connectivity index (χ3v) is 3.20. The van der Waals surface area contributed by atoms with Crippen LogP contribution in [-0.2, 0) is 9.59 Å². The van der Waals surface area contributed by atoms with Crippen molar-refractivity contribution in [2.45, 2.75) is 52.6 Å². The predicted octanol–water partition coefficient (Wildman–Crippen LogP) is 0.940. The molecular formula is C12H22N2O2. The average molecular weight is 226 g/mol. The largest absolute Gasteiger partial charge is 0.331 e. The first-order chi connectivity index (χ1) is 7.25. The molecule has 2 unspecified atom stereocenters. The lowest BCUT2D eigenvalue weighted by Gasteiger charge is -2.32. The summed E-state index contributed by atoms with van der Waals surface area (Å²) in [6, 6.07) is -0.784. The normalized spacial score (nSPS) is 23.3. The fourth-order valence-corrected chi connectivity index (χ4v) is 2.00. The van der Waals surface area contributed by atoms with E-state index in [2.05, 4.69) is 0 Å². The van der Waals surface area contributed by atoms with E-state index in [9.17, 15) is 9.59 Å². The van der Waals surface area contributed by atoms with Gasteiger partial charge in [-0.2, -0.15) is 0 Å². The van der Waals surface area contributed by atoms with Crippen molar-refractivity contribution < 1.29 is 9.59 Å². The molecule has 4 heteroatoms. The first kappa shape index (κ1) is 13.2. The number of rotatable bonds is 2. The molecule has 4 nitrogen and oxygen atoms in total. The number of nitrogens with zero attached hydrogens (tertiary/aromatic N) is 1.